The van der Waals surface area contributed by atoms with Crippen LogP contribution in [0.2, 0.25) is 0 Å². The average Bonchev–Trinajstić information content (AvgIpc) is 2.80. The van der Waals surface area contributed by atoms with Crippen molar-refractivity contribution in [2.75, 3.05) is 20.2 Å². The number of nitrogens with zero attached hydrogens (tertiary/aromatic N) is 2. The molecule has 1 saturated heterocycles. The van der Waals surface area contributed by atoms with Crippen molar-refractivity contribution in [1.82, 2.24) is 9.88 Å². The summed E-state index contributed by atoms with van der Waals surface area (Å²) in [6.07, 6.45) is 6.81. The van der Waals surface area contributed by atoms with Crippen LogP contribution in [-0.4, -0.2) is 30.1 Å². The summed E-state index contributed by atoms with van der Waals surface area (Å²) in [6, 6.07) is 2.98. The SMILES string of the molecule is COC#CN1CCC(c2nccs2)CC1. The summed E-state index contributed by atoms with van der Waals surface area (Å²) in [5, 5.41) is 3.32. The Morgan fingerprint density at radius 2 is 2.33 bits per heavy atom. The van der Waals surface area contributed by atoms with E-state index in [9.17, 15) is 0 Å². The number of thiazole rings is 1. The molecule has 0 amide bonds. The van der Waals surface area contributed by atoms with Gasteiger partial charge in [0, 0.05) is 30.6 Å². The molecule has 0 aromatic carbocycles. The van der Waals surface area contributed by atoms with Crippen LogP contribution < -0.4 is 0 Å². The largest absolute Gasteiger partial charge is 0.449 e. The number of rotatable bonds is 1. The van der Waals surface area contributed by atoms with E-state index >= 15 is 0 Å². The van der Waals surface area contributed by atoms with E-state index in [4.69, 9.17) is 4.74 Å². The van der Waals surface area contributed by atoms with Crippen LogP contribution in [0.15, 0.2) is 11.6 Å². The molecule has 1 aromatic rings. The first kappa shape index (κ1) is 10.3. The normalized spacial score (nSPS) is 17.0. The number of hydrogen-bond donors (Lipinski definition) is 0. The Labute approximate surface area is 94.1 Å². The first-order chi connectivity index (χ1) is 7.40. The third kappa shape index (κ3) is 2.63. The second kappa shape index (κ2) is 5.04. The molecule has 0 unspecified atom stereocenters. The first-order valence-corrected chi connectivity index (χ1v) is 5.96. The van der Waals surface area contributed by atoms with Crippen LogP contribution in [0.25, 0.3) is 0 Å². The molecule has 80 valence electrons. The average molecular weight is 222 g/mol. The highest BCUT2D eigenvalue weighted by Crippen LogP contribution is 2.28. The van der Waals surface area contributed by atoms with Gasteiger partial charge in [0.15, 0.2) is 0 Å². The van der Waals surface area contributed by atoms with Crippen LogP contribution in [-0.2, 0) is 4.74 Å². The van der Waals surface area contributed by atoms with Gasteiger partial charge in [0.1, 0.15) is 6.11 Å². The van der Waals surface area contributed by atoms with Gasteiger partial charge in [0.05, 0.1) is 18.2 Å². The molecule has 0 radical (unpaired) electrons. The minimum Gasteiger partial charge on any atom is -0.449 e. The van der Waals surface area contributed by atoms with E-state index in [0.717, 1.165) is 25.9 Å². The van der Waals surface area contributed by atoms with E-state index in [1.165, 1.54) is 5.01 Å². The van der Waals surface area contributed by atoms with Crippen molar-refractivity contribution in [1.29, 1.82) is 0 Å². The smallest absolute Gasteiger partial charge is 0.133 e. The molecule has 0 spiro atoms. The lowest BCUT2D eigenvalue weighted by atomic mass is 9.98. The minimum absolute atomic E-state index is 0.630. The maximum atomic E-state index is 4.73. The fourth-order valence-corrected chi connectivity index (χ4v) is 2.60. The van der Waals surface area contributed by atoms with Crippen molar-refractivity contribution in [2.45, 2.75) is 18.8 Å². The summed E-state index contributed by atoms with van der Waals surface area (Å²) in [6.45, 7) is 2.03. The molecule has 0 atom stereocenters. The molecule has 1 aliphatic rings. The highest BCUT2D eigenvalue weighted by atomic mass is 32.1. The zero-order valence-corrected chi connectivity index (χ0v) is 9.59. The van der Waals surface area contributed by atoms with Crippen LogP contribution in [0, 0.1) is 12.2 Å². The number of ether oxygens (including phenoxy) is 1. The molecule has 0 bridgehead atoms. The van der Waals surface area contributed by atoms with Gasteiger partial charge in [-0.2, -0.15) is 0 Å². The molecule has 0 N–H and O–H groups in total. The highest BCUT2D eigenvalue weighted by molar-refractivity contribution is 7.09. The lowest BCUT2D eigenvalue weighted by molar-refractivity contribution is 0.292. The lowest BCUT2D eigenvalue weighted by Crippen LogP contribution is -2.29. The number of methoxy groups -OCH3 is 1. The Kier molecular flexibility index (Phi) is 3.46. The summed E-state index contributed by atoms with van der Waals surface area (Å²) >= 11 is 1.76. The zero-order valence-electron chi connectivity index (χ0n) is 8.77. The second-order valence-electron chi connectivity index (χ2n) is 3.55. The Bertz CT molecular complexity index is 344. The molecule has 1 aromatic heterocycles. The van der Waals surface area contributed by atoms with Crippen LogP contribution in [0.4, 0.5) is 0 Å². The van der Waals surface area contributed by atoms with E-state index in [0.29, 0.717) is 5.92 Å². The molecular formula is C11H14N2OS. The van der Waals surface area contributed by atoms with Crippen LogP contribution >= 0.6 is 11.3 Å². The molecule has 15 heavy (non-hydrogen) atoms. The van der Waals surface area contributed by atoms with E-state index in [1.54, 1.807) is 18.4 Å². The Morgan fingerprint density at radius 1 is 1.53 bits per heavy atom. The van der Waals surface area contributed by atoms with Gasteiger partial charge in [-0.3, -0.25) is 0 Å². The van der Waals surface area contributed by atoms with E-state index in [2.05, 4.69) is 22.0 Å². The van der Waals surface area contributed by atoms with Gasteiger partial charge in [-0.1, -0.05) is 0 Å². The molecule has 1 fully saturated rings. The summed E-state index contributed by atoms with van der Waals surface area (Å²) < 4.78 is 4.73. The molecule has 4 heteroatoms. The molecule has 2 heterocycles. The molecular weight excluding hydrogens is 208 g/mol. The van der Waals surface area contributed by atoms with Gasteiger partial charge in [0.2, 0.25) is 0 Å². The summed E-state index contributed by atoms with van der Waals surface area (Å²) in [5.41, 5.74) is 0. The van der Waals surface area contributed by atoms with Crippen molar-refractivity contribution < 1.29 is 4.74 Å². The Hall–Kier alpha value is -1.21. The van der Waals surface area contributed by atoms with Crippen molar-refractivity contribution >= 4 is 11.3 Å². The number of aromatic nitrogens is 1. The van der Waals surface area contributed by atoms with E-state index < -0.39 is 0 Å². The van der Waals surface area contributed by atoms with Crippen molar-refractivity contribution in [3.63, 3.8) is 0 Å². The molecule has 0 aliphatic carbocycles. The van der Waals surface area contributed by atoms with Crippen molar-refractivity contribution in [3.05, 3.63) is 16.6 Å². The van der Waals surface area contributed by atoms with E-state index in [-0.39, 0.29) is 0 Å². The van der Waals surface area contributed by atoms with Crippen molar-refractivity contribution in [3.8, 4) is 12.2 Å². The van der Waals surface area contributed by atoms with Gasteiger partial charge >= 0.3 is 0 Å². The van der Waals surface area contributed by atoms with Gasteiger partial charge in [-0.05, 0) is 12.8 Å². The number of hydrogen-bond acceptors (Lipinski definition) is 4. The predicted octanol–water partition coefficient (Wildman–Crippen LogP) is 1.89. The van der Waals surface area contributed by atoms with Gasteiger partial charge < -0.3 is 9.64 Å². The maximum Gasteiger partial charge on any atom is 0.133 e. The van der Waals surface area contributed by atoms with E-state index in [1.807, 2.05) is 11.6 Å². The maximum absolute atomic E-state index is 4.73. The highest BCUT2D eigenvalue weighted by Gasteiger charge is 2.20. The summed E-state index contributed by atoms with van der Waals surface area (Å²) in [4.78, 5) is 6.49. The number of piperidine rings is 1. The van der Waals surface area contributed by atoms with Crippen LogP contribution in [0.1, 0.15) is 23.8 Å². The Morgan fingerprint density at radius 3 is 2.93 bits per heavy atom. The first-order valence-electron chi connectivity index (χ1n) is 5.08. The topological polar surface area (TPSA) is 25.4 Å². The predicted molar refractivity (Wildman–Crippen MR) is 60.4 cm³/mol. The fourth-order valence-electron chi connectivity index (χ4n) is 1.78. The fraction of sp³-hybridized carbons (Fsp3) is 0.545. The third-order valence-electron chi connectivity index (χ3n) is 2.60. The quantitative estimate of drug-likeness (QED) is 0.678. The number of likely N-dealkylation sites (tertiary alicyclic amines) is 1. The standard InChI is InChI=1S/C11H14N2OS/c1-14-8-7-13-5-2-10(3-6-13)11-12-4-9-15-11/h4,9-10H,2-3,5-6H2,1H3. The lowest BCUT2D eigenvalue weighted by Gasteiger charge is -2.27. The van der Waals surface area contributed by atoms with Gasteiger partial charge in [-0.25, -0.2) is 4.98 Å². The van der Waals surface area contributed by atoms with Crippen LogP contribution in [0.5, 0.6) is 0 Å². The monoisotopic (exact) mass is 222 g/mol. The zero-order chi connectivity index (χ0) is 10.5. The molecule has 1 aliphatic heterocycles. The molecule has 0 saturated carbocycles. The summed E-state index contributed by atoms with van der Waals surface area (Å²) in [7, 11) is 1.59. The third-order valence-corrected chi connectivity index (χ3v) is 3.54. The van der Waals surface area contributed by atoms with Gasteiger partial charge in [0.25, 0.3) is 0 Å². The van der Waals surface area contributed by atoms with Gasteiger partial charge in [-0.15, -0.1) is 11.3 Å². The second-order valence-corrected chi connectivity index (χ2v) is 4.48. The van der Waals surface area contributed by atoms with Crippen LogP contribution in [0.3, 0.4) is 0 Å². The minimum atomic E-state index is 0.630. The Balaban J connectivity index is 1.87. The molecule has 3 nitrogen and oxygen atoms in total. The summed E-state index contributed by atoms with van der Waals surface area (Å²) in [5.74, 6) is 0.630. The van der Waals surface area contributed by atoms with Crippen molar-refractivity contribution in [2.24, 2.45) is 0 Å². The molecule has 2 rings (SSSR count).